The minimum atomic E-state index is -0.587. The number of hydrogen-bond donors (Lipinski definition) is 2. The summed E-state index contributed by atoms with van der Waals surface area (Å²) >= 11 is 0. The molecule has 2 aliphatic carbocycles. The van der Waals surface area contributed by atoms with Crippen LogP contribution in [0.5, 0.6) is 11.8 Å². The number of rotatable bonds is 7. The van der Waals surface area contributed by atoms with Gasteiger partial charge in [0.2, 0.25) is 0 Å². The summed E-state index contributed by atoms with van der Waals surface area (Å²) in [7, 11) is 0. The highest BCUT2D eigenvalue weighted by Crippen LogP contribution is 2.55. The van der Waals surface area contributed by atoms with E-state index in [9.17, 15) is 9.50 Å². The fourth-order valence-electron chi connectivity index (χ4n) is 8.35. The number of nitrogens with zero attached hydrogens (tertiary/aromatic N) is 4. The average molecular weight is 622 g/mol. The largest absolute Gasteiger partial charge is 0.508 e. The summed E-state index contributed by atoms with van der Waals surface area (Å²) in [6.45, 7) is 5.42. The molecule has 7 nitrogen and oxygen atoms in total. The Kier molecular flexibility index (Phi) is 6.29. The fourth-order valence-corrected chi connectivity index (χ4v) is 8.35. The van der Waals surface area contributed by atoms with Crippen molar-refractivity contribution in [1.82, 2.24) is 20.2 Å². The average Bonchev–Trinajstić information content (AvgIpc) is 3.93. The van der Waals surface area contributed by atoms with Gasteiger partial charge < -0.3 is 25.0 Å². The van der Waals surface area contributed by atoms with Crippen molar-refractivity contribution >= 4 is 27.5 Å². The van der Waals surface area contributed by atoms with Crippen LogP contribution in [0.15, 0.2) is 36.4 Å². The Morgan fingerprint density at radius 3 is 2.52 bits per heavy atom. The molecule has 3 saturated heterocycles. The number of hydrogen-bond acceptors (Lipinski definition) is 7. The third-order valence-electron chi connectivity index (χ3n) is 11.3. The zero-order valence-corrected chi connectivity index (χ0v) is 25.8. The highest BCUT2D eigenvalue weighted by Gasteiger charge is 2.51. The van der Waals surface area contributed by atoms with Crippen LogP contribution < -0.4 is 15.0 Å². The number of benzene rings is 3. The smallest absolute Gasteiger partial charge is 0.319 e. The Labute approximate surface area is 267 Å². The van der Waals surface area contributed by atoms with Gasteiger partial charge in [-0.15, -0.1) is 6.42 Å². The van der Waals surface area contributed by atoms with E-state index in [0.29, 0.717) is 51.6 Å². The van der Waals surface area contributed by atoms with Crippen LogP contribution in [0.25, 0.3) is 32.8 Å². The van der Waals surface area contributed by atoms with E-state index in [4.69, 9.17) is 16.1 Å². The Morgan fingerprint density at radius 2 is 1.80 bits per heavy atom. The molecular weight excluding hydrogens is 584 g/mol. The molecule has 2 bridgehead atoms. The van der Waals surface area contributed by atoms with Gasteiger partial charge in [0.15, 0.2) is 5.82 Å². The van der Waals surface area contributed by atoms with Crippen molar-refractivity contribution < 1.29 is 18.6 Å². The number of aromatic nitrogens is 2. The number of nitrogens with one attached hydrogen (secondary N) is 1. The second-order valence-corrected chi connectivity index (χ2v) is 14.6. The molecule has 3 aromatic carbocycles. The van der Waals surface area contributed by atoms with Gasteiger partial charge in [0.1, 0.15) is 22.9 Å². The highest BCUT2D eigenvalue weighted by atomic mass is 19.1. The van der Waals surface area contributed by atoms with E-state index in [0.717, 1.165) is 51.9 Å². The lowest BCUT2D eigenvalue weighted by Gasteiger charge is -2.34. The van der Waals surface area contributed by atoms with E-state index in [1.165, 1.54) is 44.0 Å². The van der Waals surface area contributed by atoms with Gasteiger partial charge in [-0.2, -0.15) is 9.97 Å². The maximum absolute atomic E-state index is 16.9. The van der Waals surface area contributed by atoms with Crippen molar-refractivity contribution in [1.29, 1.82) is 0 Å². The number of likely N-dealkylation sites (tertiary alicyclic amines) is 1. The molecule has 4 aromatic rings. The fraction of sp³-hybridized carbons (Fsp3) is 0.459. The predicted octanol–water partition coefficient (Wildman–Crippen LogP) is 6.00. The topological polar surface area (TPSA) is 73.8 Å². The molecule has 0 amide bonds. The van der Waals surface area contributed by atoms with Crippen molar-refractivity contribution in [2.45, 2.75) is 57.0 Å². The van der Waals surface area contributed by atoms with E-state index in [1.54, 1.807) is 12.1 Å². The van der Waals surface area contributed by atoms with Crippen LogP contribution in [0, 0.1) is 34.8 Å². The Balaban J connectivity index is 1.12. The van der Waals surface area contributed by atoms with Gasteiger partial charge in [0.05, 0.1) is 12.2 Å². The molecule has 2 N–H and O–H groups in total. The molecule has 9 heteroatoms. The molecule has 5 aliphatic rings. The molecule has 0 radical (unpaired) electrons. The standard InChI is InChI=1S/C37H37F2N5O2/c1-2-26-30(38)8-3-22-15-25(45)16-29(31(22)26)27-6-7-28-33(32(27)39)41-35(42-34(28)44-17-23-4-5-24(18-44)40-23)46-21-37(11-12-37)20-43-14-13-36(19-43)9-10-36/h1,3,6-8,15-16,23-24,40,45H,4-5,9-14,17-21H2. The molecular formula is C37H37F2N5O2. The van der Waals surface area contributed by atoms with Crippen molar-refractivity contribution in [3.63, 3.8) is 0 Å². The third-order valence-corrected chi connectivity index (χ3v) is 11.3. The molecule has 4 heterocycles. The SMILES string of the molecule is C#Cc1c(F)ccc2cc(O)cc(-c3ccc4c(N5CC6CCC(C5)N6)nc(OCC5(CN6CCC7(CC7)C6)CC5)nc4c3F)c12. The summed E-state index contributed by atoms with van der Waals surface area (Å²) < 4.78 is 38.1. The first-order valence-electron chi connectivity index (χ1n) is 16.6. The van der Waals surface area contributed by atoms with Crippen LogP contribution in [-0.2, 0) is 0 Å². The molecule has 5 fully saturated rings. The first kappa shape index (κ1) is 28.2. The molecule has 236 valence electrons. The lowest BCUT2D eigenvalue weighted by atomic mass is 9.93. The van der Waals surface area contributed by atoms with Crippen molar-refractivity contribution in [3.05, 3.63) is 53.6 Å². The number of aromatic hydroxyl groups is 1. The summed E-state index contributed by atoms with van der Waals surface area (Å²) in [5.74, 6) is 1.86. The maximum Gasteiger partial charge on any atom is 0.319 e. The van der Waals surface area contributed by atoms with Crippen molar-refractivity contribution in [2.24, 2.45) is 10.8 Å². The van der Waals surface area contributed by atoms with Crippen LogP contribution >= 0.6 is 0 Å². The highest BCUT2D eigenvalue weighted by molar-refractivity contribution is 6.04. The van der Waals surface area contributed by atoms with Crippen LogP contribution in [0.4, 0.5) is 14.6 Å². The third kappa shape index (κ3) is 4.76. The van der Waals surface area contributed by atoms with Crippen molar-refractivity contribution in [2.75, 3.05) is 44.2 Å². The number of piperazine rings is 1. The number of halogens is 2. The van der Waals surface area contributed by atoms with Gasteiger partial charge in [-0.25, -0.2) is 8.78 Å². The van der Waals surface area contributed by atoms with Gasteiger partial charge in [-0.1, -0.05) is 18.1 Å². The van der Waals surface area contributed by atoms with Crippen LogP contribution in [0.1, 0.15) is 50.5 Å². The number of fused-ring (bicyclic) bond motifs is 4. The number of anilines is 1. The Bertz CT molecular complexity index is 1940. The Morgan fingerprint density at radius 1 is 1.00 bits per heavy atom. The van der Waals surface area contributed by atoms with Crippen LogP contribution in [-0.4, -0.2) is 71.4 Å². The van der Waals surface area contributed by atoms with Crippen LogP contribution in [0.3, 0.4) is 0 Å². The summed E-state index contributed by atoms with van der Waals surface area (Å²) in [6.07, 6.45) is 14.2. The summed E-state index contributed by atoms with van der Waals surface area (Å²) in [5, 5.41) is 15.7. The molecule has 2 unspecified atom stereocenters. The van der Waals surface area contributed by atoms with Gasteiger partial charge >= 0.3 is 6.01 Å². The molecule has 2 saturated carbocycles. The molecule has 2 atom stereocenters. The van der Waals surface area contributed by atoms with E-state index in [-0.39, 0.29) is 33.8 Å². The zero-order chi connectivity index (χ0) is 31.2. The summed E-state index contributed by atoms with van der Waals surface area (Å²) in [6, 6.07) is 10.1. The first-order valence-corrected chi connectivity index (χ1v) is 16.6. The van der Waals surface area contributed by atoms with Crippen molar-refractivity contribution in [3.8, 4) is 35.2 Å². The predicted molar refractivity (Wildman–Crippen MR) is 174 cm³/mol. The lowest BCUT2D eigenvalue weighted by molar-refractivity contribution is 0.167. The first-order chi connectivity index (χ1) is 22.3. The second-order valence-electron chi connectivity index (χ2n) is 14.6. The minimum absolute atomic E-state index is 0.0241. The molecule has 46 heavy (non-hydrogen) atoms. The molecule has 3 aliphatic heterocycles. The molecule has 1 aromatic heterocycles. The monoisotopic (exact) mass is 621 g/mol. The quantitative estimate of drug-likeness (QED) is 0.245. The van der Waals surface area contributed by atoms with Crippen LogP contribution in [0.2, 0.25) is 0 Å². The van der Waals surface area contributed by atoms with E-state index in [1.807, 2.05) is 6.07 Å². The lowest BCUT2D eigenvalue weighted by Crippen LogP contribution is -2.51. The molecule has 1 spiro atoms. The van der Waals surface area contributed by atoms with Gasteiger partial charge in [-0.05, 0) is 92.1 Å². The zero-order valence-electron chi connectivity index (χ0n) is 25.8. The summed E-state index contributed by atoms with van der Waals surface area (Å²) in [5.41, 5.74) is 1.31. The minimum Gasteiger partial charge on any atom is -0.508 e. The van der Waals surface area contributed by atoms with Gasteiger partial charge in [0.25, 0.3) is 0 Å². The number of terminal acetylenes is 1. The maximum atomic E-state index is 16.9. The Hall–Kier alpha value is -4.00. The number of ether oxygens (including phenoxy) is 1. The van der Waals surface area contributed by atoms with E-state index >= 15 is 4.39 Å². The summed E-state index contributed by atoms with van der Waals surface area (Å²) in [4.78, 5) is 14.5. The second kappa shape index (κ2) is 10.2. The molecule has 9 rings (SSSR count). The normalized spacial score (nSPS) is 24.2. The van der Waals surface area contributed by atoms with Gasteiger partial charge in [-0.3, -0.25) is 0 Å². The van der Waals surface area contributed by atoms with E-state index in [2.05, 4.69) is 26.0 Å². The van der Waals surface area contributed by atoms with E-state index < -0.39 is 11.6 Å². The number of phenolic OH excluding ortho intramolecular Hbond substituents is 1. The van der Waals surface area contributed by atoms with Gasteiger partial charge in [0, 0.05) is 60.0 Å². The number of phenols is 1.